The maximum absolute atomic E-state index is 4.91. The third kappa shape index (κ3) is 22.6. The summed E-state index contributed by atoms with van der Waals surface area (Å²) in [5.74, 6) is 0. The van der Waals surface area contributed by atoms with E-state index in [2.05, 4.69) is 11.9 Å². The first-order valence-corrected chi connectivity index (χ1v) is 5.47. The second-order valence-electron chi connectivity index (χ2n) is 2.29. The first-order chi connectivity index (χ1) is 6.81. The van der Waals surface area contributed by atoms with Crippen LogP contribution in [0.5, 0.6) is 0 Å². The number of methoxy groups -OCH3 is 2. The molecule has 3 nitrogen and oxygen atoms in total. The zero-order valence-corrected chi connectivity index (χ0v) is 11.1. The Labute approximate surface area is 90.4 Å². The second-order valence-corrected chi connectivity index (χ2v) is 2.29. The maximum Gasteiger partial charge on any atom is 0.0589 e. The quantitative estimate of drug-likeness (QED) is 0.667. The highest BCUT2D eigenvalue weighted by molar-refractivity contribution is 4.47. The van der Waals surface area contributed by atoms with Gasteiger partial charge in [0.25, 0.3) is 0 Å². The molecule has 0 radical (unpaired) electrons. The van der Waals surface area contributed by atoms with Gasteiger partial charge in [-0.25, -0.2) is 0 Å². The molecular formula is C11H29NO2. The lowest BCUT2D eigenvalue weighted by Gasteiger charge is -2.14. The fraction of sp³-hybridized carbons (Fsp3) is 1.00. The molecule has 0 spiro atoms. The molecule has 0 aliphatic rings. The van der Waals surface area contributed by atoms with Crippen molar-refractivity contribution >= 4 is 0 Å². The second kappa shape index (κ2) is 23.1. The van der Waals surface area contributed by atoms with E-state index in [-0.39, 0.29) is 0 Å². The number of rotatable bonds is 6. The van der Waals surface area contributed by atoms with E-state index < -0.39 is 0 Å². The molecule has 14 heavy (non-hydrogen) atoms. The van der Waals surface area contributed by atoms with Gasteiger partial charge in [-0.1, -0.05) is 27.7 Å². The molecule has 0 heterocycles. The molecule has 0 aromatic carbocycles. The third-order valence-electron chi connectivity index (χ3n) is 1.35. The SMILES string of the molecule is CC.CC.COCCN(C)CCOC. The molecule has 90 valence electrons. The molecule has 0 unspecified atom stereocenters. The zero-order chi connectivity index (χ0) is 11.8. The first-order valence-electron chi connectivity index (χ1n) is 5.47. The van der Waals surface area contributed by atoms with Gasteiger partial charge in [-0.05, 0) is 7.05 Å². The lowest BCUT2D eigenvalue weighted by Crippen LogP contribution is -2.26. The van der Waals surface area contributed by atoms with Gasteiger partial charge in [0.1, 0.15) is 0 Å². The van der Waals surface area contributed by atoms with Crippen molar-refractivity contribution in [2.24, 2.45) is 0 Å². The van der Waals surface area contributed by atoms with Crippen LogP contribution in [0.15, 0.2) is 0 Å². The predicted molar refractivity (Wildman–Crippen MR) is 63.9 cm³/mol. The Hall–Kier alpha value is -0.120. The van der Waals surface area contributed by atoms with Gasteiger partial charge < -0.3 is 14.4 Å². The summed E-state index contributed by atoms with van der Waals surface area (Å²) in [6.07, 6.45) is 0. The fourth-order valence-electron chi connectivity index (χ4n) is 0.606. The van der Waals surface area contributed by atoms with Crippen molar-refractivity contribution in [2.75, 3.05) is 47.6 Å². The molecule has 0 aliphatic carbocycles. The zero-order valence-electron chi connectivity index (χ0n) is 11.1. The third-order valence-corrected chi connectivity index (χ3v) is 1.35. The molecule has 3 heteroatoms. The number of nitrogens with zero attached hydrogens (tertiary/aromatic N) is 1. The molecule has 0 saturated carbocycles. The van der Waals surface area contributed by atoms with Crippen LogP contribution in [0.4, 0.5) is 0 Å². The normalized spacial score (nSPS) is 8.57. The molecule has 0 N–H and O–H groups in total. The fourth-order valence-corrected chi connectivity index (χ4v) is 0.606. The first kappa shape index (κ1) is 19.5. The summed E-state index contributed by atoms with van der Waals surface area (Å²) in [5.41, 5.74) is 0. The molecule has 0 aromatic heterocycles. The standard InChI is InChI=1S/C7H17NO2.2C2H6/c1-8(4-6-9-2)5-7-10-3;2*1-2/h4-7H2,1-3H3;2*1-2H3. The Kier molecular flexibility index (Phi) is 32.0. The van der Waals surface area contributed by atoms with Crippen molar-refractivity contribution in [1.82, 2.24) is 4.90 Å². The largest absolute Gasteiger partial charge is 0.383 e. The van der Waals surface area contributed by atoms with E-state index in [1.807, 2.05) is 27.7 Å². The predicted octanol–water partition coefficient (Wildman–Crippen LogP) is 2.26. The molecule has 0 atom stereocenters. The van der Waals surface area contributed by atoms with E-state index in [0.29, 0.717) is 0 Å². The van der Waals surface area contributed by atoms with E-state index in [9.17, 15) is 0 Å². The van der Waals surface area contributed by atoms with Crippen molar-refractivity contribution in [2.45, 2.75) is 27.7 Å². The van der Waals surface area contributed by atoms with Gasteiger partial charge in [0.05, 0.1) is 13.2 Å². The minimum atomic E-state index is 0.792. The van der Waals surface area contributed by atoms with Crippen LogP contribution in [0, 0.1) is 0 Å². The smallest absolute Gasteiger partial charge is 0.0589 e. The molecule has 0 rings (SSSR count). The average molecular weight is 207 g/mol. The molecule has 0 bridgehead atoms. The van der Waals surface area contributed by atoms with Crippen LogP contribution < -0.4 is 0 Å². The van der Waals surface area contributed by atoms with E-state index in [0.717, 1.165) is 26.3 Å². The minimum absolute atomic E-state index is 0.792. The van der Waals surface area contributed by atoms with Crippen LogP contribution in [0.3, 0.4) is 0 Å². The van der Waals surface area contributed by atoms with Gasteiger partial charge in [0, 0.05) is 27.3 Å². The van der Waals surface area contributed by atoms with Gasteiger partial charge in [0.2, 0.25) is 0 Å². The van der Waals surface area contributed by atoms with Crippen molar-refractivity contribution in [1.29, 1.82) is 0 Å². The monoisotopic (exact) mass is 207 g/mol. The van der Waals surface area contributed by atoms with Gasteiger partial charge in [-0.15, -0.1) is 0 Å². The lowest BCUT2D eigenvalue weighted by atomic mass is 10.5. The highest BCUT2D eigenvalue weighted by atomic mass is 16.5. The summed E-state index contributed by atoms with van der Waals surface area (Å²) in [4.78, 5) is 2.17. The van der Waals surface area contributed by atoms with Gasteiger partial charge in [-0.3, -0.25) is 0 Å². The summed E-state index contributed by atoms with van der Waals surface area (Å²) in [6, 6.07) is 0. The average Bonchev–Trinajstić information content (AvgIpc) is 2.29. The van der Waals surface area contributed by atoms with Crippen LogP contribution in [-0.2, 0) is 9.47 Å². The highest BCUT2D eigenvalue weighted by Gasteiger charge is 1.94. The van der Waals surface area contributed by atoms with E-state index >= 15 is 0 Å². The maximum atomic E-state index is 4.91. The van der Waals surface area contributed by atoms with Crippen LogP contribution in [-0.4, -0.2) is 52.5 Å². The van der Waals surface area contributed by atoms with E-state index in [4.69, 9.17) is 9.47 Å². The molecule has 0 aromatic rings. The van der Waals surface area contributed by atoms with Gasteiger partial charge in [-0.2, -0.15) is 0 Å². The topological polar surface area (TPSA) is 21.7 Å². The summed E-state index contributed by atoms with van der Waals surface area (Å²) in [5, 5.41) is 0. The van der Waals surface area contributed by atoms with Crippen LogP contribution in [0.2, 0.25) is 0 Å². The lowest BCUT2D eigenvalue weighted by molar-refractivity contribution is 0.128. The summed E-state index contributed by atoms with van der Waals surface area (Å²) in [6.45, 7) is 11.5. The van der Waals surface area contributed by atoms with Crippen molar-refractivity contribution in [3.8, 4) is 0 Å². The van der Waals surface area contributed by atoms with Gasteiger partial charge in [0.15, 0.2) is 0 Å². The van der Waals surface area contributed by atoms with Crippen LogP contribution in [0.25, 0.3) is 0 Å². The Bertz CT molecular complexity index is 62.3. The molecule has 0 amide bonds. The molecule has 0 aliphatic heterocycles. The highest BCUT2D eigenvalue weighted by Crippen LogP contribution is 1.81. The molecule has 0 fully saturated rings. The summed E-state index contributed by atoms with van der Waals surface area (Å²) >= 11 is 0. The van der Waals surface area contributed by atoms with E-state index in [1.165, 1.54) is 0 Å². The Balaban J connectivity index is -0.000000266. The van der Waals surface area contributed by atoms with Gasteiger partial charge >= 0.3 is 0 Å². The number of likely N-dealkylation sites (N-methyl/N-ethyl adjacent to an activating group) is 1. The Morgan fingerprint density at radius 1 is 0.786 bits per heavy atom. The van der Waals surface area contributed by atoms with Crippen LogP contribution >= 0.6 is 0 Å². The molecular weight excluding hydrogens is 178 g/mol. The molecule has 0 saturated heterocycles. The van der Waals surface area contributed by atoms with Crippen molar-refractivity contribution in [3.05, 3.63) is 0 Å². The Morgan fingerprint density at radius 3 is 1.29 bits per heavy atom. The van der Waals surface area contributed by atoms with Crippen LogP contribution in [0.1, 0.15) is 27.7 Å². The number of hydrogen-bond donors (Lipinski definition) is 0. The minimum Gasteiger partial charge on any atom is -0.383 e. The van der Waals surface area contributed by atoms with Crippen molar-refractivity contribution < 1.29 is 9.47 Å². The summed E-state index contributed by atoms with van der Waals surface area (Å²) < 4.78 is 9.82. The number of hydrogen-bond acceptors (Lipinski definition) is 3. The Morgan fingerprint density at radius 2 is 1.07 bits per heavy atom. The number of ether oxygens (including phenoxy) is 2. The van der Waals surface area contributed by atoms with E-state index in [1.54, 1.807) is 14.2 Å². The van der Waals surface area contributed by atoms with Crippen molar-refractivity contribution in [3.63, 3.8) is 0 Å². The summed E-state index contributed by atoms with van der Waals surface area (Å²) in [7, 11) is 5.48.